The van der Waals surface area contributed by atoms with Crippen LogP contribution >= 0.6 is 0 Å². The Morgan fingerprint density at radius 3 is 1.56 bits per heavy atom. The molecular formula is C58H64N6O6. The maximum Gasteiger partial charge on any atom is 0.354 e. The molecule has 0 aliphatic carbocycles. The fraction of sp³-hybridized carbons (Fsp3) is 0.259. The van der Waals surface area contributed by atoms with Crippen molar-refractivity contribution in [1.82, 2.24) is 29.9 Å². The molecule has 0 unspecified atom stereocenters. The van der Waals surface area contributed by atoms with Gasteiger partial charge in [-0.2, -0.15) is 0 Å². The second kappa shape index (κ2) is 24.3. The van der Waals surface area contributed by atoms with E-state index in [-0.39, 0.29) is 40.7 Å². The first kappa shape index (κ1) is 53.0. The van der Waals surface area contributed by atoms with E-state index in [9.17, 15) is 20.1 Å². The average Bonchev–Trinajstić information content (AvgIpc) is 3.36. The fourth-order valence-electron chi connectivity index (χ4n) is 7.50. The SMILES string of the molecule is CC.CC.CC(C)c1ncc(-c2cccc3ccc(C(=O)O)nc23)cc1O.COc1ccc2ccc(-c3cnc(C(C)C)c(O)c3)cc2n1.Cc1cnc2ccc(-c3cnc(C(C)C)c(O)c3)cc2c1. The average molecular weight is 941 g/mol. The Balaban J connectivity index is 0.000000189. The van der Waals surface area contributed by atoms with Crippen molar-refractivity contribution < 1.29 is 30.0 Å². The molecule has 0 bridgehead atoms. The molecule has 9 aromatic rings. The number of hydrogen-bond acceptors (Lipinski definition) is 11. The summed E-state index contributed by atoms with van der Waals surface area (Å²) in [6.07, 6.45) is 7.15. The maximum absolute atomic E-state index is 11.2. The van der Waals surface area contributed by atoms with Crippen LogP contribution in [0.1, 0.15) is 120 Å². The normalized spacial score (nSPS) is 10.7. The van der Waals surface area contributed by atoms with Gasteiger partial charge in [-0.25, -0.2) is 14.8 Å². The topological polar surface area (TPSA) is 185 Å². The third-order valence-electron chi connectivity index (χ3n) is 10.9. The van der Waals surface area contributed by atoms with Gasteiger partial charge in [-0.3, -0.25) is 19.9 Å². The highest BCUT2D eigenvalue weighted by Gasteiger charge is 2.15. The third-order valence-corrected chi connectivity index (χ3v) is 10.9. The zero-order chi connectivity index (χ0) is 51.2. The number of nitrogens with zero attached hydrogens (tertiary/aromatic N) is 6. The molecule has 4 N–H and O–H groups in total. The zero-order valence-electron chi connectivity index (χ0n) is 42.1. The largest absolute Gasteiger partial charge is 0.506 e. The highest BCUT2D eigenvalue weighted by molar-refractivity contribution is 5.97. The number of carboxylic acid groups (broad SMARTS) is 1. The molecule has 0 spiro atoms. The third kappa shape index (κ3) is 12.8. The maximum atomic E-state index is 11.2. The van der Waals surface area contributed by atoms with Gasteiger partial charge >= 0.3 is 5.97 Å². The summed E-state index contributed by atoms with van der Waals surface area (Å²) >= 11 is 0. The molecule has 0 aliphatic rings. The van der Waals surface area contributed by atoms with E-state index in [1.54, 1.807) is 43.8 Å². The van der Waals surface area contributed by atoms with E-state index in [0.29, 0.717) is 28.3 Å². The van der Waals surface area contributed by atoms with Crippen molar-refractivity contribution in [2.45, 2.75) is 93.9 Å². The molecule has 0 atom stereocenters. The molecule has 6 aromatic heterocycles. The van der Waals surface area contributed by atoms with Crippen LogP contribution in [-0.2, 0) is 0 Å². The minimum absolute atomic E-state index is 0.0130. The summed E-state index contributed by atoms with van der Waals surface area (Å²) in [6.45, 7) is 22.0. The standard InChI is InChI=1S/C18H16N2O3.C18H18N2O2.C18H18N2O.2C2H6/c1-10(2)16-15(21)8-12(9-19-16)13-5-3-4-11-6-7-14(18(22)23)20-17(11)13;1-11(2)18-16(21)9-14(10-19-18)13-5-4-12-6-7-17(22-3)20-15(12)8-13;1-11(2)18-17(21)8-15(10-20-18)13-4-5-16-14(7-13)6-12(3)9-19-16;2*1-2/h3-10,21H,1-2H3,(H,22,23);4-11,21H,1-3H3;4-11,21H,1-3H3;2*1-2H3. The molecule has 362 valence electrons. The molecule has 0 saturated carbocycles. The number of fused-ring (bicyclic) bond motifs is 3. The van der Waals surface area contributed by atoms with Crippen LogP contribution in [0.3, 0.4) is 0 Å². The summed E-state index contributed by atoms with van der Waals surface area (Å²) < 4.78 is 5.17. The number of aromatic hydroxyl groups is 3. The van der Waals surface area contributed by atoms with Gasteiger partial charge in [-0.1, -0.05) is 112 Å². The van der Waals surface area contributed by atoms with E-state index in [1.165, 1.54) is 6.07 Å². The summed E-state index contributed by atoms with van der Waals surface area (Å²) in [5, 5.41) is 42.5. The fourth-order valence-corrected chi connectivity index (χ4v) is 7.50. The van der Waals surface area contributed by atoms with Gasteiger partial charge in [0.15, 0.2) is 0 Å². The molecule has 0 amide bonds. The van der Waals surface area contributed by atoms with Gasteiger partial charge in [-0.15, -0.1) is 0 Å². The van der Waals surface area contributed by atoms with Gasteiger partial charge in [0.2, 0.25) is 5.88 Å². The lowest BCUT2D eigenvalue weighted by Crippen LogP contribution is -2.00. The molecule has 0 aliphatic heterocycles. The van der Waals surface area contributed by atoms with Gasteiger partial charge in [0.1, 0.15) is 22.9 Å². The summed E-state index contributed by atoms with van der Waals surface area (Å²) in [7, 11) is 1.60. The van der Waals surface area contributed by atoms with Gasteiger partial charge in [0.25, 0.3) is 0 Å². The van der Waals surface area contributed by atoms with Crippen LogP contribution in [0.25, 0.3) is 66.1 Å². The van der Waals surface area contributed by atoms with E-state index in [2.05, 4.69) is 42.0 Å². The summed E-state index contributed by atoms with van der Waals surface area (Å²) in [4.78, 5) is 37.3. The van der Waals surface area contributed by atoms with Crippen molar-refractivity contribution in [3.8, 4) is 56.5 Å². The second-order valence-electron chi connectivity index (χ2n) is 16.9. The smallest absolute Gasteiger partial charge is 0.354 e. The lowest BCUT2D eigenvalue weighted by Gasteiger charge is -2.11. The number of carboxylic acids is 1. The lowest BCUT2D eigenvalue weighted by molar-refractivity contribution is 0.0691. The first-order chi connectivity index (χ1) is 33.6. The van der Waals surface area contributed by atoms with Crippen LogP contribution in [0.5, 0.6) is 23.1 Å². The Kier molecular flexibility index (Phi) is 18.4. The second-order valence-corrected chi connectivity index (χ2v) is 16.9. The minimum Gasteiger partial charge on any atom is -0.506 e. The summed E-state index contributed by atoms with van der Waals surface area (Å²) in [5.74, 6) is 0.644. The number of carbonyl (C=O) groups is 1. The molecule has 12 nitrogen and oxygen atoms in total. The molecule has 0 fully saturated rings. The van der Waals surface area contributed by atoms with Gasteiger partial charge < -0.3 is 25.2 Å². The van der Waals surface area contributed by atoms with Gasteiger partial charge in [-0.05, 0) is 96.0 Å². The van der Waals surface area contributed by atoms with E-state index < -0.39 is 5.97 Å². The van der Waals surface area contributed by atoms with E-state index in [0.717, 1.165) is 66.3 Å². The van der Waals surface area contributed by atoms with E-state index in [4.69, 9.17) is 9.84 Å². The molecule has 70 heavy (non-hydrogen) atoms. The molecule has 0 radical (unpaired) electrons. The minimum atomic E-state index is -1.07. The quantitative estimate of drug-likeness (QED) is 0.113. The van der Waals surface area contributed by atoms with Crippen LogP contribution in [0.15, 0.2) is 128 Å². The monoisotopic (exact) mass is 940 g/mol. The van der Waals surface area contributed by atoms with Crippen molar-refractivity contribution in [1.29, 1.82) is 0 Å². The Labute approximate surface area is 410 Å². The predicted molar refractivity (Wildman–Crippen MR) is 283 cm³/mol. The molecule has 0 saturated heterocycles. The van der Waals surface area contributed by atoms with Crippen molar-refractivity contribution >= 4 is 38.7 Å². The number of benzene rings is 3. The number of aromatic carboxylic acids is 1. The molecule has 3 aromatic carbocycles. The van der Waals surface area contributed by atoms with Crippen LogP contribution in [0.2, 0.25) is 0 Å². The van der Waals surface area contributed by atoms with Crippen LogP contribution in [0, 0.1) is 6.92 Å². The van der Waals surface area contributed by atoms with E-state index in [1.807, 2.05) is 149 Å². The predicted octanol–water partition coefficient (Wildman–Crippen LogP) is 14.4. The number of pyridine rings is 6. The van der Waals surface area contributed by atoms with Crippen molar-refractivity contribution in [2.24, 2.45) is 0 Å². The van der Waals surface area contributed by atoms with Gasteiger partial charge in [0.05, 0.1) is 40.7 Å². The Morgan fingerprint density at radius 1 is 0.500 bits per heavy atom. The highest BCUT2D eigenvalue weighted by atomic mass is 16.5. The van der Waals surface area contributed by atoms with Crippen LogP contribution in [0.4, 0.5) is 0 Å². The van der Waals surface area contributed by atoms with Crippen molar-refractivity contribution in [3.63, 3.8) is 0 Å². The Bertz CT molecular complexity index is 3230. The van der Waals surface area contributed by atoms with Gasteiger partial charge in [0, 0.05) is 69.3 Å². The van der Waals surface area contributed by atoms with Crippen LogP contribution < -0.4 is 4.74 Å². The molecule has 9 rings (SSSR count). The number of aryl methyl sites for hydroxylation is 1. The summed E-state index contributed by atoms with van der Waals surface area (Å²) in [6, 6.07) is 32.0. The molecule has 6 heterocycles. The number of rotatable bonds is 8. The Morgan fingerprint density at radius 2 is 1.01 bits per heavy atom. The lowest BCUT2D eigenvalue weighted by atomic mass is 10.0. The van der Waals surface area contributed by atoms with Crippen LogP contribution in [-0.4, -0.2) is 63.4 Å². The number of aromatic nitrogens is 6. The molecule has 12 heteroatoms. The van der Waals surface area contributed by atoms with Crippen molar-refractivity contribution in [2.75, 3.05) is 7.11 Å². The number of para-hydroxylation sites is 1. The first-order valence-corrected chi connectivity index (χ1v) is 23.6. The number of ether oxygens (including phenoxy) is 1. The molecular weight excluding hydrogens is 877 g/mol. The number of hydrogen-bond donors (Lipinski definition) is 4. The van der Waals surface area contributed by atoms with E-state index >= 15 is 0 Å². The zero-order valence-corrected chi connectivity index (χ0v) is 42.1. The van der Waals surface area contributed by atoms with Crippen molar-refractivity contribution in [3.05, 3.63) is 156 Å². The Hall–Kier alpha value is -7.99. The number of methoxy groups -OCH3 is 1. The summed E-state index contributed by atoms with van der Waals surface area (Å²) in [5.41, 5.74) is 10.8. The first-order valence-electron chi connectivity index (χ1n) is 23.6. The highest BCUT2D eigenvalue weighted by Crippen LogP contribution is 2.34.